The first-order valence-corrected chi connectivity index (χ1v) is 24.6. The van der Waals surface area contributed by atoms with Crippen molar-refractivity contribution in [2.24, 2.45) is 35.5 Å². The van der Waals surface area contributed by atoms with Crippen molar-refractivity contribution in [3.05, 3.63) is 0 Å². The van der Waals surface area contributed by atoms with Gasteiger partial charge in [0.15, 0.2) is 6.29 Å². The number of esters is 2. The molecule has 68 heavy (non-hydrogen) atoms. The molecule has 0 heterocycles. The van der Waals surface area contributed by atoms with E-state index in [1.165, 1.54) is 14.2 Å². The van der Waals surface area contributed by atoms with Crippen LogP contribution >= 0.6 is 0 Å². The van der Waals surface area contributed by atoms with E-state index in [-0.39, 0.29) is 106 Å². The van der Waals surface area contributed by atoms with Gasteiger partial charge in [-0.05, 0) is 69.9 Å². The third kappa shape index (κ3) is 20.7. The summed E-state index contributed by atoms with van der Waals surface area (Å²) < 4.78 is 33.0. The molecular formula is C49H89N5O14. The van der Waals surface area contributed by atoms with Gasteiger partial charge < -0.3 is 54.4 Å². The molecule has 1 fully saturated rings. The lowest BCUT2D eigenvalue weighted by Crippen LogP contribution is -2.59. The number of ketones is 1. The lowest BCUT2D eigenvalue weighted by atomic mass is 9.79. The normalized spacial score (nSPS) is 19.0. The number of Topliss-reactive ketones (excluding diaryl/α,β-unsaturated/α-hetero) is 1. The Labute approximate surface area is 406 Å². The largest absolute Gasteiger partial charge is 0.464 e. The summed E-state index contributed by atoms with van der Waals surface area (Å²) in [7, 11) is 9.86. The van der Waals surface area contributed by atoms with Crippen molar-refractivity contribution in [3.8, 4) is 0 Å². The van der Waals surface area contributed by atoms with Crippen LogP contribution in [-0.2, 0) is 62.0 Å². The molecule has 0 radical (unpaired) electrons. The number of methoxy groups -OCH3 is 3. The van der Waals surface area contributed by atoms with E-state index in [0.29, 0.717) is 32.1 Å². The Balaban J connectivity index is 2.75. The highest BCUT2D eigenvalue weighted by Crippen LogP contribution is 2.40. The number of amides is 4. The fraction of sp³-hybridized carbons (Fsp3) is 0.857. The van der Waals surface area contributed by atoms with Crippen LogP contribution in [0.15, 0.2) is 0 Å². The molecule has 11 atom stereocenters. The standard InChI is InChI=1S/C49H89N5O14/c1-15-32(7)45(54(11)49(62)43(30(3)4)52-48(61)44(31(5)6)53(9)10)38(63-12)26-37(56)35-20-17-21-36(35)46(65-14)33(8)47(60)51-27-41(59)66-25-19-24-50-39(57)22-18-23-40(58)67-29-42(64-13)68-34(16-2)28-55/h30-36,38,42-46,55H,15-29H2,1-14H3,(H,50,57)(H,51,60)(H,52,61)/t32-,33+,34?,35?,36+,38+,42?,43-,44-,45-,46+/m0/s1. The van der Waals surface area contributed by atoms with Crippen LogP contribution in [0.5, 0.6) is 0 Å². The topological polar surface area (TPSA) is 238 Å². The smallest absolute Gasteiger partial charge is 0.325 e. The summed E-state index contributed by atoms with van der Waals surface area (Å²) in [6, 6.07) is -1.68. The minimum absolute atomic E-state index is 0.00993. The summed E-state index contributed by atoms with van der Waals surface area (Å²) in [4.78, 5) is 95.7. The number of aliphatic hydroxyl groups excluding tert-OH is 1. The van der Waals surface area contributed by atoms with E-state index in [1.807, 2.05) is 67.5 Å². The van der Waals surface area contributed by atoms with Crippen LogP contribution in [0.4, 0.5) is 0 Å². The lowest BCUT2D eigenvalue weighted by Gasteiger charge is -2.40. The number of hydrogen-bond donors (Lipinski definition) is 4. The van der Waals surface area contributed by atoms with Gasteiger partial charge in [0.1, 0.15) is 25.0 Å². The first kappa shape index (κ1) is 62.3. The summed E-state index contributed by atoms with van der Waals surface area (Å²) in [5.74, 6) is -3.98. The average molecular weight is 972 g/mol. The first-order chi connectivity index (χ1) is 32.1. The Morgan fingerprint density at radius 3 is 1.99 bits per heavy atom. The van der Waals surface area contributed by atoms with Crippen LogP contribution in [0, 0.1) is 35.5 Å². The molecule has 4 N–H and O–H groups in total. The first-order valence-electron chi connectivity index (χ1n) is 24.6. The molecule has 19 heteroatoms. The zero-order valence-corrected chi connectivity index (χ0v) is 43.8. The molecule has 394 valence electrons. The van der Waals surface area contributed by atoms with E-state index < -0.39 is 72.4 Å². The zero-order chi connectivity index (χ0) is 51.7. The molecule has 19 nitrogen and oxygen atoms in total. The molecule has 1 aliphatic rings. The SMILES string of the molecule is CCC(CO)OC(COC(=O)CCCC(=O)NCCCOC(=O)CNC(=O)[C@H](C)[C@@H](OC)[C@@H]1CCCC1C(=O)C[C@@H](OC)[C@H]([C@@H](C)CC)N(C)C(=O)[C@@H](NC(=O)[C@H](C(C)C)N(C)C)C(C)C)OC. The minimum Gasteiger partial charge on any atom is -0.464 e. The van der Waals surface area contributed by atoms with E-state index in [0.717, 1.165) is 6.42 Å². The highest BCUT2D eigenvalue weighted by molar-refractivity contribution is 5.90. The van der Waals surface area contributed by atoms with Crippen molar-refractivity contribution in [2.75, 3.05) is 75.4 Å². The summed E-state index contributed by atoms with van der Waals surface area (Å²) in [6.07, 6.45) is 1.58. The van der Waals surface area contributed by atoms with Crippen LogP contribution in [-0.4, -0.2) is 174 Å². The fourth-order valence-electron chi connectivity index (χ4n) is 9.08. The summed E-state index contributed by atoms with van der Waals surface area (Å²) in [5.41, 5.74) is 0. The number of likely N-dealkylation sites (N-methyl/N-ethyl adjacent to an activating group) is 2. The predicted octanol–water partition coefficient (Wildman–Crippen LogP) is 3.27. The zero-order valence-electron chi connectivity index (χ0n) is 43.8. The van der Waals surface area contributed by atoms with Crippen LogP contribution < -0.4 is 16.0 Å². The van der Waals surface area contributed by atoms with E-state index in [4.69, 9.17) is 28.4 Å². The number of nitrogens with one attached hydrogen (secondary N) is 3. The van der Waals surface area contributed by atoms with Crippen LogP contribution in [0.2, 0.25) is 0 Å². The van der Waals surface area contributed by atoms with Gasteiger partial charge in [-0.25, -0.2) is 0 Å². The Morgan fingerprint density at radius 2 is 1.44 bits per heavy atom. The monoisotopic (exact) mass is 972 g/mol. The maximum Gasteiger partial charge on any atom is 0.325 e. The Hall–Kier alpha value is -3.75. The fourth-order valence-corrected chi connectivity index (χ4v) is 9.08. The van der Waals surface area contributed by atoms with Crippen molar-refractivity contribution < 1.29 is 67.1 Å². The molecule has 0 aliphatic heterocycles. The second-order valence-electron chi connectivity index (χ2n) is 19.0. The van der Waals surface area contributed by atoms with Crippen molar-refractivity contribution in [1.29, 1.82) is 0 Å². The van der Waals surface area contributed by atoms with Gasteiger partial charge >= 0.3 is 11.9 Å². The van der Waals surface area contributed by atoms with Gasteiger partial charge in [-0.3, -0.25) is 38.5 Å². The molecule has 0 saturated heterocycles. The van der Waals surface area contributed by atoms with E-state index >= 15 is 0 Å². The molecule has 1 aliphatic carbocycles. The number of ether oxygens (including phenoxy) is 6. The van der Waals surface area contributed by atoms with Gasteiger partial charge in [0.05, 0.1) is 49.5 Å². The van der Waals surface area contributed by atoms with Gasteiger partial charge in [-0.2, -0.15) is 0 Å². The van der Waals surface area contributed by atoms with E-state index in [9.17, 15) is 38.7 Å². The number of carbonyl (C=O) groups excluding carboxylic acids is 7. The highest BCUT2D eigenvalue weighted by Gasteiger charge is 2.44. The van der Waals surface area contributed by atoms with E-state index in [2.05, 4.69) is 16.0 Å². The molecule has 0 spiro atoms. The molecule has 4 amide bonds. The predicted molar refractivity (Wildman–Crippen MR) is 256 cm³/mol. The van der Waals surface area contributed by atoms with Gasteiger partial charge in [-0.1, -0.05) is 68.2 Å². The maximum absolute atomic E-state index is 14.3. The van der Waals surface area contributed by atoms with E-state index in [1.54, 1.807) is 26.0 Å². The molecule has 1 saturated carbocycles. The number of carbonyl (C=O) groups is 7. The Bertz CT molecular complexity index is 1540. The Kier molecular flexibility index (Phi) is 30.2. The number of rotatable bonds is 35. The quantitative estimate of drug-likeness (QED) is 0.0405. The highest BCUT2D eigenvalue weighted by atomic mass is 16.7. The number of hydrogen-bond acceptors (Lipinski definition) is 15. The Morgan fingerprint density at radius 1 is 0.765 bits per heavy atom. The van der Waals surface area contributed by atoms with Crippen molar-refractivity contribution in [1.82, 2.24) is 25.8 Å². The van der Waals surface area contributed by atoms with Gasteiger partial charge in [-0.15, -0.1) is 0 Å². The summed E-state index contributed by atoms with van der Waals surface area (Å²) in [5, 5.41) is 17.7. The second-order valence-corrected chi connectivity index (χ2v) is 19.0. The summed E-state index contributed by atoms with van der Waals surface area (Å²) in [6.45, 7) is 14.9. The lowest BCUT2D eigenvalue weighted by molar-refractivity contribution is -0.194. The van der Waals surface area contributed by atoms with Crippen molar-refractivity contribution in [3.63, 3.8) is 0 Å². The number of aliphatic hydroxyl groups is 1. The van der Waals surface area contributed by atoms with Gasteiger partial charge in [0, 0.05) is 60.1 Å². The molecule has 0 bridgehead atoms. The second kappa shape index (κ2) is 32.9. The minimum atomic E-state index is -0.810. The third-order valence-corrected chi connectivity index (χ3v) is 13.1. The van der Waals surface area contributed by atoms with Crippen LogP contribution in [0.1, 0.15) is 120 Å². The molecule has 0 aromatic rings. The van der Waals surface area contributed by atoms with Gasteiger partial charge in [0.2, 0.25) is 23.6 Å². The third-order valence-electron chi connectivity index (χ3n) is 13.1. The van der Waals surface area contributed by atoms with Crippen LogP contribution in [0.25, 0.3) is 0 Å². The maximum atomic E-state index is 14.3. The molecule has 3 unspecified atom stereocenters. The molecule has 0 aromatic carbocycles. The van der Waals surface area contributed by atoms with Gasteiger partial charge in [0.25, 0.3) is 0 Å². The average Bonchev–Trinajstić information content (AvgIpc) is 3.78. The van der Waals surface area contributed by atoms with Crippen LogP contribution in [0.3, 0.4) is 0 Å². The molecular weight excluding hydrogens is 883 g/mol. The van der Waals surface area contributed by atoms with Crippen molar-refractivity contribution in [2.45, 2.75) is 162 Å². The van der Waals surface area contributed by atoms with Crippen molar-refractivity contribution >= 4 is 41.4 Å². The molecule has 0 aromatic heterocycles. The summed E-state index contributed by atoms with van der Waals surface area (Å²) >= 11 is 0. The number of nitrogens with zero attached hydrogens (tertiary/aromatic N) is 2. The molecule has 1 rings (SSSR count).